The standard InChI is InChI=1S/C23H28F2N6O3/c1-4-14(32)8-10-29(3)22(33)21-16-13-30(11-9-18(16)28-31(21)5-2)23(34)27-19-7-6-17(24)15(12-26)20(19)25/h6-7,14,32H,4-5,8-11,13H2,1-3H3,(H,27,34)/t14-/m1/s1. The van der Waals surface area contributed by atoms with Crippen molar-refractivity contribution >= 4 is 17.6 Å². The van der Waals surface area contributed by atoms with Crippen LogP contribution >= 0.6 is 0 Å². The van der Waals surface area contributed by atoms with Crippen molar-refractivity contribution in [2.75, 3.05) is 25.5 Å². The lowest BCUT2D eigenvalue weighted by molar-refractivity contribution is 0.0745. The number of benzene rings is 1. The highest BCUT2D eigenvalue weighted by molar-refractivity contribution is 5.95. The van der Waals surface area contributed by atoms with E-state index in [0.29, 0.717) is 50.2 Å². The van der Waals surface area contributed by atoms with Gasteiger partial charge in [0, 0.05) is 38.7 Å². The molecule has 34 heavy (non-hydrogen) atoms. The first-order valence-electron chi connectivity index (χ1n) is 11.2. The second-order valence-corrected chi connectivity index (χ2v) is 8.16. The molecule has 2 heterocycles. The van der Waals surface area contributed by atoms with Gasteiger partial charge in [0.1, 0.15) is 23.1 Å². The molecular weight excluding hydrogens is 446 g/mol. The Kier molecular flexibility index (Phi) is 7.83. The molecule has 0 fully saturated rings. The van der Waals surface area contributed by atoms with E-state index in [1.54, 1.807) is 11.7 Å². The summed E-state index contributed by atoms with van der Waals surface area (Å²) in [5.74, 6) is -2.41. The number of aryl methyl sites for hydroxylation is 1. The third-order valence-electron chi connectivity index (χ3n) is 5.95. The van der Waals surface area contributed by atoms with E-state index < -0.39 is 29.3 Å². The van der Waals surface area contributed by atoms with Crippen LogP contribution < -0.4 is 5.32 Å². The van der Waals surface area contributed by atoms with Gasteiger partial charge in [0.15, 0.2) is 5.82 Å². The van der Waals surface area contributed by atoms with E-state index in [1.165, 1.54) is 15.9 Å². The normalized spacial score (nSPS) is 13.7. The number of aromatic nitrogens is 2. The third-order valence-corrected chi connectivity index (χ3v) is 5.95. The number of nitrogens with zero attached hydrogens (tertiary/aromatic N) is 5. The number of aliphatic hydroxyl groups excluding tert-OH is 1. The molecule has 3 rings (SSSR count). The van der Waals surface area contributed by atoms with Crippen molar-refractivity contribution in [2.24, 2.45) is 0 Å². The van der Waals surface area contributed by atoms with Crippen molar-refractivity contribution < 1.29 is 23.5 Å². The van der Waals surface area contributed by atoms with E-state index in [2.05, 4.69) is 10.4 Å². The molecule has 9 nitrogen and oxygen atoms in total. The average molecular weight is 475 g/mol. The number of halogens is 2. The molecule has 11 heteroatoms. The Morgan fingerprint density at radius 3 is 2.74 bits per heavy atom. The molecule has 1 aliphatic heterocycles. The molecule has 1 aromatic heterocycles. The van der Waals surface area contributed by atoms with Crippen molar-refractivity contribution in [3.8, 4) is 6.07 Å². The molecule has 0 saturated heterocycles. The number of urea groups is 1. The molecule has 0 spiro atoms. The summed E-state index contributed by atoms with van der Waals surface area (Å²) < 4.78 is 29.6. The van der Waals surface area contributed by atoms with Gasteiger partial charge >= 0.3 is 6.03 Å². The highest BCUT2D eigenvalue weighted by Crippen LogP contribution is 2.26. The van der Waals surface area contributed by atoms with Gasteiger partial charge in [-0.3, -0.25) is 9.48 Å². The molecule has 0 unspecified atom stereocenters. The van der Waals surface area contributed by atoms with Crippen molar-refractivity contribution in [1.29, 1.82) is 5.26 Å². The van der Waals surface area contributed by atoms with E-state index in [1.807, 2.05) is 13.8 Å². The first-order chi connectivity index (χ1) is 16.2. The fourth-order valence-electron chi connectivity index (χ4n) is 3.84. The van der Waals surface area contributed by atoms with Crippen LogP contribution in [-0.2, 0) is 19.5 Å². The largest absolute Gasteiger partial charge is 0.393 e. The zero-order chi connectivity index (χ0) is 25.0. The maximum Gasteiger partial charge on any atom is 0.322 e. The summed E-state index contributed by atoms with van der Waals surface area (Å²) in [7, 11) is 1.65. The van der Waals surface area contributed by atoms with Gasteiger partial charge in [-0.2, -0.15) is 10.4 Å². The number of fused-ring (bicyclic) bond motifs is 1. The van der Waals surface area contributed by atoms with Crippen molar-refractivity contribution in [3.05, 3.63) is 46.3 Å². The molecule has 2 N–H and O–H groups in total. The maximum absolute atomic E-state index is 14.4. The summed E-state index contributed by atoms with van der Waals surface area (Å²) in [5, 5.41) is 25.7. The first kappa shape index (κ1) is 25.1. The quantitative estimate of drug-likeness (QED) is 0.641. The Balaban J connectivity index is 1.81. The number of rotatable bonds is 7. The Morgan fingerprint density at radius 1 is 1.35 bits per heavy atom. The van der Waals surface area contributed by atoms with Crippen LogP contribution in [0.5, 0.6) is 0 Å². The molecule has 1 atom stereocenters. The van der Waals surface area contributed by atoms with Gasteiger partial charge in [0.2, 0.25) is 0 Å². The summed E-state index contributed by atoms with van der Waals surface area (Å²) in [6.45, 7) is 4.94. The van der Waals surface area contributed by atoms with Crippen LogP contribution in [0.2, 0.25) is 0 Å². The van der Waals surface area contributed by atoms with E-state index >= 15 is 0 Å². The Labute approximate surface area is 196 Å². The van der Waals surface area contributed by atoms with Crippen molar-refractivity contribution in [2.45, 2.75) is 52.3 Å². The zero-order valence-corrected chi connectivity index (χ0v) is 19.4. The Morgan fingerprint density at radius 2 is 2.09 bits per heavy atom. The molecule has 0 radical (unpaired) electrons. The predicted molar refractivity (Wildman–Crippen MR) is 120 cm³/mol. The van der Waals surface area contributed by atoms with E-state index in [-0.39, 0.29) is 18.1 Å². The number of carbonyl (C=O) groups is 2. The second-order valence-electron chi connectivity index (χ2n) is 8.16. The zero-order valence-electron chi connectivity index (χ0n) is 19.4. The highest BCUT2D eigenvalue weighted by atomic mass is 19.1. The monoisotopic (exact) mass is 474 g/mol. The lowest BCUT2D eigenvalue weighted by atomic mass is 10.0. The van der Waals surface area contributed by atoms with Crippen LogP contribution in [0.3, 0.4) is 0 Å². The van der Waals surface area contributed by atoms with Crippen LogP contribution in [0.25, 0.3) is 0 Å². The minimum absolute atomic E-state index is 0.0849. The summed E-state index contributed by atoms with van der Waals surface area (Å²) in [4.78, 5) is 29.0. The lowest BCUT2D eigenvalue weighted by Crippen LogP contribution is -2.40. The molecule has 3 amide bonds. The number of aliphatic hydroxyl groups is 1. The van der Waals surface area contributed by atoms with E-state index in [4.69, 9.17) is 5.26 Å². The maximum atomic E-state index is 14.4. The number of anilines is 1. The number of hydrogen-bond donors (Lipinski definition) is 2. The number of carbonyl (C=O) groups excluding carboxylic acids is 2. The molecule has 1 aromatic carbocycles. The van der Waals surface area contributed by atoms with Crippen molar-refractivity contribution in [3.63, 3.8) is 0 Å². The first-order valence-corrected chi connectivity index (χ1v) is 11.2. The lowest BCUT2D eigenvalue weighted by Gasteiger charge is -2.28. The second kappa shape index (κ2) is 10.6. The van der Waals surface area contributed by atoms with Crippen LogP contribution in [0.15, 0.2) is 12.1 Å². The van der Waals surface area contributed by atoms with Gasteiger partial charge in [-0.25, -0.2) is 13.6 Å². The molecule has 182 valence electrons. The number of amides is 3. The molecule has 2 aromatic rings. The number of nitriles is 1. The van der Waals surface area contributed by atoms with Crippen molar-refractivity contribution in [1.82, 2.24) is 19.6 Å². The van der Waals surface area contributed by atoms with Gasteiger partial charge in [0.25, 0.3) is 5.91 Å². The fraction of sp³-hybridized carbons (Fsp3) is 0.478. The van der Waals surface area contributed by atoms with E-state index in [9.17, 15) is 23.5 Å². The topological polar surface area (TPSA) is 114 Å². The summed E-state index contributed by atoms with van der Waals surface area (Å²) in [5.41, 5.74) is 0.642. The van der Waals surface area contributed by atoms with Gasteiger partial charge in [-0.15, -0.1) is 0 Å². The van der Waals surface area contributed by atoms with Gasteiger partial charge in [-0.05, 0) is 31.9 Å². The fourth-order valence-corrected chi connectivity index (χ4v) is 3.84. The number of nitrogens with one attached hydrogen (secondary N) is 1. The smallest absolute Gasteiger partial charge is 0.322 e. The molecule has 1 aliphatic rings. The highest BCUT2D eigenvalue weighted by Gasteiger charge is 2.31. The minimum atomic E-state index is -1.14. The Hall–Kier alpha value is -3.52. The predicted octanol–water partition coefficient (Wildman–Crippen LogP) is 2.88. The summed E-state index contributed by atoms with van der Waals surface area (Å²) >= 11 is 0. The number of hydrogen-bond acceptors (Lipinski definition) is 5. The average Bonchev–Trinajstić information content (AvgIpc) is 3.21. The Bertz CT molecular complexity index is 1130. The summed E-state index contributed by atoms with van der Waals surface area (Å²) in [6, 6.07) is 2.78. The van der Waals surface area contributed by atoms with Gasteiger partial charge < -0.3 is 20.2 Å². The molecule has 0 aliphatic carbocycles. The van der Waals surface area contributed by atoms with Crippen LogP contribution in [0.4, 0.5) is 19.3 Å². The summed E-state index contributed by atoms with van der Waals surface area (Å²) in [6.07, 6.45) is 0.958. The third kappa shape index (κ3) is 5.02. The SMILES string of the molecule is CC[C@@H](O)CCN(C)C(=O)c1c2c(nn1CC)CCN(C(=O)Nc1ccc(F)c(C#N)c1F)C2. The van der Waals surface area contributed by atoms with Crippen LogP contribution in [-0.4, -0.2) is 62.9 Å². The minimum Gasteiger partial charge on any atom is -0.393 e. The van der Waals surface area contributed by atoms with Crippen LogP contribution in [0.1, 0.15) is 54.0 Å². The van der Waals surface area contributed by atoms with E-state index in [0.717, 1.165) is 17.8 Å². The molecule has 0 bridgehead atoms. The van der Waals surface area contributed by atoms with Gasteiger partial charge in [0.05, 0.1) is 24.0 Å². The molecular formula is C23H28F2N6O3. The van der Waals surface area contributed by atoms with Crippen LogP contribution in [0, 0.1) is 23.0 Å². The van der Waals surface area contributed by atoms with Gasteiger partial charge in [-0.1, -0.05) is 6.92 Å². The molecule has 0 saturated carbocycles.